The van der Waals surface area contributed by atoms with E-state index in [9.17, 15) is 4.79 Å². The van der Waals surface area contributed by atoms with Crippen LogP contribution in [0.4, 0.5) is 0 Å². The van der Waals surface area contributed by atoms with Gasteiger partial charge in [-0.1, -0.05) is 37.5 Å². The first-order chi connectivity index (χ1) is 15.2. The lowest BCUT2D eigenvalue weighted by Gasteiger charge is -2.33. The molecule has 1 aromatic carbocycles. The van der Waals surface area contributed by atoms with Crippen molar-refractivity contribution in [3.05, 3.63) is 52.7 Å². The molecule has 0 radical (unpaired) electrons. The quantitative estimate of drug-likeness (QED) is 0.636. The monoisotopic (exact) mass is 438 g/mol. The third kappa shape index (κ3) is 4.27. The van der Waals surface area contributed by atoms with E-state index in [-0.39, 0.29) is 12.0 Å². The molecule has 1 N–H and O–H groups in total. The maximum atomic E-state index is 12.6. The predicted octanol–water partition coefficient (Wildman–Crippen LogP) is 4.54. The van der Waals surface area contributed by atoms with E-state index < -0.39 is 0 Å². The van der Waals surface area contributed by atoms with Gasteiger partial charge in [0.15, 0.2) is 0 Å². The van der Waals surface area contributed by atoms with Gasteiger partial charge in [-0.25, -0.2) is 0 Å². The average molecular weight is 439 g/mol. The first-order valence-corrected chi connectivity index (χ1v) is 12.1. The summed E-state index contributed by atoms with van der Waals surface area (Å²) in [5.41, 5.74) is 2.29. The fourth-order valence-electron chi connectivity index (χ4n) is 4.95. The molecule has 6 nitrogen and oxygen atoms in total. The SMILES string of the molecule is CNC(=O)c1sc2ccccc2c1[C@@H]1CN(Cc2cnn(C3CCCCC3)c2)CCO1. The highest BCUT2D eigenvalue weighted by atomic mass is 32.1. The molecule has 1 aliphatic heterocycles. The van der Waals surface area contributed by atoms with Gasteiger partial charge < -0.3 is 10.1 Å². The molecule has 0 spiro atoms. The zero-order valence-corrected chi connectivity index (χ0v) is 18.9. The maximum Gasteiger partial charge on any atom is 0.261 e. The average Bonchev–Trinajstić information content (AvgIpc) is 3.44. The first-order valence-electron chi connectivity index (χ1n) is 11.3. The van der Waals surface area contributed by atoms with E-state index >= 15 is 0 Å². The fourth-order valence-corrected chi connectivity index (χ4v) is 6.15. The zero-order valence-electron chi connectivity index (χ0n) is 18.0. The Bertz CT molecular complexity index is 1050. The van der Waals surface area contributed by atoms with Crippen LogP contribution in [-0.2, 0) is 11.3 Å². The Hall–Kier alpha value is -2.22. The molecule has 1 amide bonds. The van der Waals surface area contributed by atoms with E-state index in [1.165, 1.54) is 37.7 Å². The van der Waals surface area contributed by atoms with Crippen molar-refractivity contribution in [3.8, 4) is 0 Å². The third-order valence-electron chi connectivity index (χ3n) is 6.55. The number of hydrogen-bond donors (Lipinski definition) is 1. The summed E-state index contributed by atoms with van der Waals surface area (Å²) in [6, 6.07) is 8.80. The maximum absolute atomic E-state index is 12.6. The van der Waals surface area contributed by atoms with Crippen LogP contribution in [0.25, 0.3) is 10.1 Å². The van der Waals surface area contributed by atoms with Crippen LogP contribution < -0.4 is 5.32 Å². The molecule has 1 saturated heterocycles. The van der Waals surface area contributed by atoms with Gasteiger partial charge in [-0.15, -0.1) is 11.3 Å². The molecule has 2 aromatic heterocycles. The van der Waals surface area contributed by atoms with Crippen molar-refractivity contribution in [2.24, 2.45) is 0 Å². The summed E-state index contributed by atoms with van der Waals surface area (Å²) in [7, 11) is 1.69. The van der Waals surface area contributed by atoms with Gasteiger partial charge in [-0.3, -0.25) is 14.4 Å². The van der Waals surface area contributed by atoms with Gasteiger partial charge in [-0.05, 0) is 24.3 Å². The number of amides is 1. The molecule has 2 fully saturated rings. The summed E-state index contributed by atoms with van der Waals surface area (Å²) in [5.74, 6) is -0.0364. The van der Waals surface area contributed by atoms with E-state index in [0.717, 1.165) is 40.2 Å². The van der Waals surface area contributed by atoms with E-state index in [0.29, 0.717) is 12.6 Å². The largest absolute Gasteiger partial charge is 0.371 e. The lowest BCUT2D eigenvalue weighted by Crippen LogP contribution is -2.38. The Kier molecular flexibility index (Phi) is 6.07. The number of carbonyl (C=O) groups is 1. The van der Waals surface area contributed by atoms with Crippen molar-refractivity contribution < 1.29 is 9.53 Å². The van der Waals surface area contributed by atoms with Gasteiger partial charge in [0.2, 0.25) is 0 Å². The minimum absolute atomic E-state index is 0.0364. The third-order valence-corrected chi connectivity index (χ3v) is 7.74. The Morgan fingerprint density at radius 3 is 2.94 bits per heavy atom. The van der Waals surface area contributed by atoms with Crippen molar-refractivity contribution in [1.29, 1.82) is 0 Å². The predicted molar refractivity (Wildman–Crippen MR) is 124 cm³/mol. The van der Waals surface area contributed by atoms with Crippen LogP contribution in [0.5, 0.6) is 0 Å². The van der Waals surface area contributed by atoms with Gasteiger partial charge in [-0.2, -0.15) is 5.10 Å². The summed E-state index contributed by atoms with van der Waals surface area (Å²) in [5, 5.41) is 8.60. The van der Waals surface area contributed by atoms with Crippen LogP contribution in [0.1, 0.15) is 65.0 Å². The van der Waals surface area contributed by atoms with Crippen LogP contribution >= 0.6 is 11.3 Å². The van der Waals surface area contributed by atoms with Crippen molar-refractivity contribution in [1.82, 2.24) is 20.0 Å². The minimum atomic E-state index is -0.106. The molecule has 1 saturated carbocycles. The number of benzene rings is 1. The number of thiophene rings is 1. The molecule has 7 heteroatoms. The van der Waals surface area contributed by atoms with Crippen LogP contribution in [-0.4, -0.2) is 47.3 Å². The Labute approximate surface area is 187 Å². The number of ether oxygens (including phenoxy) is 1. The summed E-state index contributed by atoms with van der Waals surface area (Å²) in [6.45, 7) is 3.20. The van der Waals surface area contributed by atoms with Crippen LogP contribution in [0.15, 0.2) is 36.7 Å². The second-order valence-corrected chi connectivity index (χ2v) is 9.69. The zero-order chi connectivity index (χ0) is 21.2. The van der Waals surface area contributed by atoms with Crippen LogP contribution in [0.3, 0.4) is 0 Å². The Morgan fingerprint density at radius 1 is 1.26 bits per heavy atom. The topological polar surface area (TPSA) is 59.4 Å². The highest BCUT2D eigenvalue weighted by molar-refractivity contribution is 7.21. The van der Waals surface area contributed by atoms with Crippen molar-refractivity contribution in [3.63, 3.8) is 0 Å². The normalized spacial score (nSPS) is 20.9. The van der Waals surface area contributed by atoms with E-state index in [4.69, 9.17) is 4.74 Å². The lowest BCUT2D eigenvalue weighted by atomic mass is 9.96. The van der Waals surface area contributed by atoms with Crippen molar-refractivity contribution in [2.45, 2.75) is 50.8 Å². The van der Waals surface area contributed by atoms with Crippen molar-refractivity contribution >= 4 is 27.3 Å². The molecule has 164 valence electrons. The Balaban J connectivity index is 1.34. The summed E-state index contributed by atoms with van der Waals surface area (Å²) < 4.78 is 9.51. The number of aromatic nitrogens is 2. The molecule has 31 heavy (non-hydrogen) atoms. The van der Waals surface area contributed by atoms with Crippen LogP contribution in [0.2, 0.25) is 0 Å². The fraction of sp³-hybridized carbons (Fsp3) is 0.500. The number of nitrogens with zero attached hydrogens (tertiary/aromatic N) is 3. The molecular weight excluding hydrogens is 408 g/mol. The molecule has 3 heterocycles. The van der Waals surface area contributed by atoms with Crippen LogP contribution in [0, 0.1) is 0 Å². The number of hydrogen-bond acceptors (Lipinski definition) is 5. The minimum Gasteiger partial charge on any atom is -0.371 e. The molecule has 0 unspecified atom stereocenters. The van der Waals surface area contributed by atoms with Gasteiger partial charge in [0.25, 0.3) is 5.91 Å². The number of morpholine rings is 1. The molecule has 2 aliphatic rings. The first kappa shape index (κ1) is 20.7. The molecule has 5 rings (SSSR count). The molecular formula is C24H30N4O2S. The van der Waals surface area contributed by atoms with E-state index in [1.807, 2.05) is 18.3 Å². The molecule has 3 aromatic rings. The number of nitrogens with one attached hydrogen (secondary N) is 1. The summed E-state index contributed by atoms with van der Waals surface area (Å²) in [6.07, 6.45) is 10.6. The number of rotatable bonds is 5. The second kappa shape index (κ2) is 9.10. The standard InChI is InChI=1S/C24H30N4O2S/c1-25-24(29)23-22(19-9-5-6-10-21(19)31-23)20-16-27(11-12-30-20)14-17-13-26-28(15-17)18-7-3-2-4-8-18/h5-6,9-10,13,15,18,20H,2-4,7-8,11-12,14,16H2,1H3,(H,25,29)/t20-/m0/s1. The van der Waals surface area contributed by atoms with Gasteiger partial charge in [0, 0.05) is 48.7 Å². The number of fused-ring (bicyclic) bond motifs is 1. The Morgan fingerprint density at radius 2 is 2.10 bits per heavy atom. The van der Waals surface area contributed by atoms with E-state index in [2.05, 4.69) is 38.3 Å². The van der Waals surface area contributed by atoms with Gasteiger partial charge in [0.05, 0.1) is 29.8 Å². The van der Waals surface area contributed by atoms with Gasteiger partial charge in [0.1, 0.15) is 0 Å². The molecule has 1 atom stereocenters. The summed E-state index contributed by atoms with van der Waals surface area (Å²) >= 11 is 1.55. The highest BCUT2D eigenvalue weighted by Crippen LogP contribution is 2.38. The van der Waals surface area contributed by atoms with Crippen molar-refractivity contribution in [2.75, 3.05) is 26.7 Å². The molecule has 0 bridgehead atoms. The summed E-state index contributed by atoms with van der Waals surface area (Å²) in [4.78, 5) is 15.8. The highest BCUT2D eigenvalue weighted by Gasteiger charge is 2.29. The smallest absolute Gasteiger partial charge is 0.261 e. The van der Waals surface area contributed by atoms with Gasteiger partial charge >= 0.3 is 0 Å². The number of carbonyl (C=O) groups excluding carboxylic acids is 1. The second-order valence-electron chi connectivity index (χ2n) is 8.64. The lowest BCUT2D eigenvalue weighted by molar-refractivity contribution is -0.0323. The van der Waals surface area contributed by atoms with E-state index in [1.54, 1.807) is 18.4 Å². The molecule has 1 aliphatic carbocycles.